The quantitative estimate of drug-likeness (QED) is 0.569. The first-order valence-electron chi connectivity index (χ1n) is 7.85. The first kappa shape index (κ1) is 15.6. The fourth-order valence-corrected chi connectivity index (χ4v) is 2.90. The second kappa shape index (κ2) is 6.53. The van der Waals surface area contributed by atoms with Gasteiger partial charge in [-0.15, -0.1) is 0 Å². The first-order valence-corrected chi connectivity index (χ1v) is 8.23. The molecular formula is C19H15ClN4O. The number of aryl methyl sites for hydroxylation is 1. The number of nitrogens with one attached hydrogen (secondary N) is 1. The highest BCUT2D eigenvalue weighted by Gasteiger charge is 2.17. The maximum Gasteiger partial charge on any atom is 0.232 e. The highest BCUT2D eigenvalue weighted by Crippen LogP contribution is 2.35. The monoisotopic (exact) mass is 350 g/mol. The lowest BCUT2D eigenvalue weighted by Gasteiger charge is -2.06. The third-order valence-electron chi connectivity index (χ3n) is 4.02. The standard InChI is InChI=1S/C19H15ClN4O/c1-12-16-18(22-10-13-3-2-8-21-9-13)23-11-24-19(16)25-17(12)14-4-6-15(20)7-5-14/h2-9,11H,10H2,1H3,(H,22,23,24). The van der Waals surface area contributed by atoms with E-state index < -0.39 is 0 Å². The van der Waals surface area contributed by atoms with Gasteiger partial charge in [-0.2, -0.15) is 0 Å². The Morgan fingerprint density at radius 1 is 1.12 bits per heavy atom. The number of nitrogens with zero attached hydrogens (tertiary/aromatic N) is 3. The normalized spacial score (nSPS) is 11.0. The number of benzene rings is 1. The van der Waals surface area contributed by atoms with E-state index in [-0.39, 0.29) is 0 Å². The number of hydrogen-bond acceptors (Lipinski definition) is 5. The molecular weight excluding hydrogens is 336 g/mol. The van der Waals surface area contributed by atoms with Crippen molar-refractivity contribution in [2.24, 2.45) is 0 Å². The molecule has 1 aromatic carbocycles. The zero-order valence-corrected chi connectivity index (χ0v) is 14.3. The molecule has 3 aromatic heterocycles. The lowest BCUT2D eigenvalue weighted by atomic mass is 10.1. The van der Waals surface area contributed by atoms with Gasteiger partial charge < -0.3 is 9.73 Å². The van der Waals surface area contributed by atoms with Crippen LogP contribution in [-0.2, 0) is 6.54 Å². The van der Waals surface area contributed by atoms with E-state index in [1.54, 1.807) is 6.20 Å². The lowest BCUT2D eigenvalue weighted by molar-refractivity contribution is 0.615. The molecule has 5 nitrogen and oxygen atoms in total. The van der Waals surface area contributed by atoms with E-state index in [0.717, 1.165) is 33.7 Å². The number of pyridine rings is 1. The van der Waals surface area contributed by atoms with Crippen molar-refractivity contribution >= 4 is 28.5 Å². The van der Waals surface area contributed by atoms with Gasteiger partial charge in [-0.3, -0.25) is 4.98 Å². The smallest absolute Gasteiger partial charge is 0.232 e. The van der Waals surface area contributed by atoms with Crippen LogP contribution in [0.2, 0.25) is 5.02 Å². The molecule has 0 aliphatic rings. The summed E-state index contributed by atoms with van der Waals surface area (Å²) in [7, 11) is 0. The van der Waals surface area contributed by atoms with Crippen molar-refractivity contribution in [1.82, 2.24) is 15.0 Å². The molecule has 6 heteroatoms. The average Bonchev–Trinajstić information content (AvgIpc) is 2.99. The van der Waals surface area contributed by atoms with E-state index in [9.17, 15) is 0 Å². The molecule has 3 heterocycles. The summed E-state index contributed by atoms with van der Waals surface area (Å²) in [6.07, 6.45) is 5.08. The van der Waals surface area contributed by atoms with E-state index >= 15 is 0 Å². The number of halogens is 1. The predicted octanol–water partition coefficient (Wildman–Crippen LogP) is 4.86. The van der Waals surface area contributed by atoms with E-state index in [4.69, 9.17) is 16.0 Å². The Labute approximate surface area is 149 Å². The Morgan fingerprint density at radius 3 is 2.72 bits per heavy atom. The summed E-state index contributed by atoms with van der Waals surface area (Å²) in [5, 5.41) is 4.92. The molecule has 0 bridgehead atoms. The summed E-state index contributed by atoms with van der Waals surface area (Å²) in [4.78, 5) is 12.8. The van der Waals surface area contributed by atoms with Crippen LogP contribution in [0.25, 0.3) is 22.4 Å². The van der Waals surface area contributed by atoms with Crippen LogP contribution < -0.4 is 5.32 Å². The van der Waals surface area contributed by atoms with Crippen LogP contribution in [0.1, 0.15) is 11.1 Å². The van der Waals surface area contributed by atoms with E-state index in [2.05, 4.69) is 20.3 Å². The number of furan rings is 1. The molecule has 124 valence electrons. The van der Waals surface area contributed by atoms with Crippen LogP contribution in [0.4, 0.5) is 5.82 Å². The Hall–Kier alpha value is -2.92. The van der Waals surface area contributed by atoms with E-state index in [1.165, 1.54) is 6.33 Å². The van der Waals surface area contributed by atoms with Crippen molar-refractivity contribution in [1.29, 1.82) is 0 Å². The fourth-order valence-electron chi connectivity index (χ4n) is 2.77. The van der Waals surface area contributed by atoms with Gasteiger partial charge in [0.05, 0.1) is 5.39 Å². The summed E-state index contributed by atoms with van der Waals surface area (Å²) >= 11 is 5.97. The maximum absolute atomic E-state index is 5.97. The van der Waals surface area contributed by atoms with Crippen molar-refractivity contribution in [2.75, 3.05) is 5.32 Å². The third-order valence-corrected chi connectivity index (χ3v) is 4.27. The number of anilines is 1. The van der Waals surface area contributed by atoms with Gasteiger partial charge >= 0.3 is 0 Å². The molecule has 0 atom stereocenters. The van der Waals surface area contributed by atoms with Crippen molar-refractivity contribution in [3.63, 3.8) is 0 Å². The third kappa shape index (κ3) is 3.06. The highest BCUT2D eigenvalue weighted by molar-refractivity contribution is 6.30. The molecule has 0 radical (unpaired) electrons. The Bertz CT molecular complexity index is 1010. The molecule has 0 fully saturated rings. The van der Waals surface area contributed by atoms with Crippen LogP contribution in [0.15, 0.2) is 59.5 Å². The summed E-state index contributed by atoms with van der Waals surface area (Å²) in [5.74, 6) is 1.52. The Morgan fingerprint density at radius 2 is 1.96 bits per heavy atom. The van der Waals surface area contributed by atoms with Gasteiger partial charge in [0, 0.05) is 35.1 Å². The van der Waals surface area contributed by atoms with Gasteiger partial charge in [0.1, 0.15) is 17.9 Å². The lowest BCUT2D eigenvalue weighted by Crippen LogP contribution is -2.02. The largest absolute Gasteiger partial charge is 0.437 e. The van der Waals surface area contributed by atoms with E-state index in [1.807, 2.05) is 49.5 Å². The molecule has 0 spiro atoms. The molecule has 1 N–H and O–H groups in total. The number of rotatable bonds is 4. The Kier molecular flexibility index (Phi) is 4.07. The van der Waals surface area contributed by atoms with Gasteiger partial charge in [0.25, 0.3) is 0 Å². The van der Waals surface area contributed by atoms with Crippen molar-refractivity contribution in [2.45, 2.75) is 13.5 Å². The van der Waals surface area contributed by atoms with Gasteiger partial charge in [-0.25, -0.2) is 9.97 Å². The molecule has 4 aromatic rings. The van der Waals surface area contributed by atoms with Crippen LogP contribution in [0.3, 0.4) is 0 Å². The van der Waals surface area contributed by atoms with Crippen molar-refractivity contribution in [3.05, 3.63) is 71.3 Å². The van der Waals surface area contributed by atoms with Gasteiger partial charge in [0.2, 0.25) is 5.71 Å². The fraction of sp³-hybridized carbons (Fsp3) is 0.105. The summed E-state index contributed by atoms with van der Waals surface area (Å²) in [6.45, 7) is 2.63. The van der Waals surface area contributed by atoms with Gasteiger partial charge in [0.15, 0.2) is 0 Å². The summed E-state index contributed by atoms with van der Waals surface area (Å²) in [5.41, 5.74) is 3.59. The number of aromatic nitrogens is 3. The average molecular weight is 351 g/mol. The minimum atomic E-state index is 0.561. The van der Waals surface area contributed by atoms with Crippen LogP contribution in [-0.4, -0.2) is 15.0 Å². The molecule has 25 heavy (non-hydrogen) atoms. The van der Waals surface area contributed by atoms with E-state index in [0.29, 0.717) is 17.3 Å². The van der Waals surface area contributed by atoms with Crippen molar-refractivity contribution in [3.8, 4) is 11.3 Å². The molecule has 0 aliphatic carbocycles. The zero-order valence-electron chi connectivity index (χ0n) is 13.5. The summed E-state index contributed by atoms with van der Waals surface area (Å²) in [6, 6.07) is 11.5. The zero-order chi connectivity index (χ0) is 17.2. The molecule has 0 saturated heterocycles. The van der Waals surface area contributed by atoms with Crippen LogP contribution in [0.5, 0.6) is 0 Å². The molecule has 0 aliphatic heterocycles. The molecule has 0 amide bonds. The topological polar surface area (TPSA) is 63.8 Å². The van der Waals surface area contributed by atoms with Crippen molar-refractivity contribution < 1.29 is 4.42 Å². The summed E-state index contributed by atoms with van der Waals surface area (Å²) < 4.78 is 5.97. The molecule has 4 rings (SSSR count). The Balaban J connectivity index is 1.72. The first-order chi connectivity index (χ1) is 12.2. The van der Waals surface area contributed by atoms with Crippen LogP contribution >= 0.6 is 11.6 Å². The highest BCUT2D eigenvalue weighted by atomic mass is 35.5. The second-order valence-electron chi connectivity index (χ2n) is 5.68. The van der Waals surface area contributed by atoms with Crippen LogP contribution in [0, 0.1) is 6.92 Å². The maximum atomic E-state index is 5.97. The minimum absolute atomic E-state index is 0.561. The van der Waals surface area contributed by atoms with Gasteiger partial charge in [-0.05, 0) is 42.8 Å². The van der Waals surface area contributed by atoms with Gasteiger partial charge in [-0.1, -0.05) is 17.7 Å². The second-order valence-corrected chi connectivity index (χ2v) is 6.12. The SMILES string of the molecule is Cc1c(-c2ccc(Cl)cc2)oc2ncnc(NCc3cccnc3)c12. The number of fused-ring (bicyclic) bond motifs is 1. The molecule has 0 unspecified atom stereocenters. The molecule has 0 saturated carbocycles. The number of hydrogen-bond donors (Lipinski definition) is 1. The minimum Gasteiger partial charge on any atom is -0.437 e. The predicted molar refractivity (Wildman–Crippen MR) is 98.6 cm³/mol.